The van der Waals surface area contributed by atoms with Gasteiger partial charge in [0.2, 0.25) is 0 Å². The second-order valence-corrected chi connectivity index (χ2v) is 11.9. The normalized spacial score (nSPS) is 16.0. The molecular formula is C16H32O5Si. The van der Waals surface area contributed by atoms with Crippen LogP contribution in [-0.4, -0.2) is 45.5 Å². The van der Waals surface area contributed by atoms with Crippen LogP contribution in [0.3, 0.4) is 0 Å². The minimum Gasteiger partial charge on any atom is -0.478 e. The van der Waals surface area contributed by atoms with Crippen molar-refractivity contribution in [1.29, 1.82) is 0 Å². The minimum absolute atomic E-state index is 0.0565. The van der Waals surface area contributed by atoms with E-state index in [9.17, 15) is 4.79 Å². The van der Waals surface area contributed by atoms with Crippen LogP contribution >= 0.6 is 0 Å². The van der Waals surface area contributed by atoms with Crippen LogP contribution in [0.4, 0.5) is 0 Å². The molecule has 0 fully saturated rings. The molecule has 0 rings (SSSR count). The van der Waals surface area contributed by atoms with Gasteiger partial charge in [0.1, 0.15) is 6.79 Å². The number of aliphatic carboxylic acids is 1. The molecular weight excluding hydrogens is 300 g/mol. The predicted molar refractivity (Wildman–Crippen MR) is 90.5 cm³/mol. The first-order valence-electron chi connectivity index (χ1n) is 7.67. The molecule has 0 unspecified atom stereocenters. The van der Waals surface area contributed by atoms with Gasteiger partial charge >= 0.3 is 5.97 Å². The zero-order valence-corrected chi connectivity index (χ0v) is 16.0. The van der Waals surface area contributed by atoms with Crippen LogP contribution in [0.1, 0.15) is 40.5 Å². The number of methoxy groups -OCH3 is 1. The van der Waals surface area contributed by atoms with E-state index in [-0.39, 0.29) is 24.0 Å². The molecule has 0 saturated heterocycles. The third kappa shape index (κ3) is 8.68. The molecule has 5 nitrogen and oxygen atoms in total. The highest BCUT2D eigenvalue weighted by Gasteiger charge is 2.38. The number of carboxylic acids is 1. The Kier molecular flexibility index (Phi) is 9.15. The van der Waals surface area contributed by atoms with Crippen molar-refractivity contribution in [3.8, 4) is 0 Å². The molecule has 0 bridgehead atoms. The summed E-state index contributed by atoms with van der Waals surface area (Å²) in [6.07, 6.45) is 3.93. The molecule has 0 heterocycles. The maximum atomic E-state index is 10.5. The van der Waals surface area contributed by atoms with Crippen LogP contribution in [0.2, 0.25) is 18.1 Å². The number of rotatable bonds is 10. The Morgan fingerprint density at radius 1 is 1.32 bits per heavy atom. The van der Waals surface area contributed by atoms with Crippen molar-refractivity contribution in [3.05, 3.63) is 12.2 Å². The third-order valence-corrected chi connectivity index (χ3v) is 8.58. The van der Waals surface area contributed by atoms with Gasteiger partial charge in [0.05, 0.1) is 6.10 Å². The molecule has 2 atom stereocenters. The van der Waals surface area contributed by atoms with E-state index in [1.165, 1.54) is 0 Å². The van der Waals surface area contributed by atoms with Crippen LogP contribution in [0.25, 0.3) is 0 Å². The zero-order chi connectivity index (χ0) is 17.4. The number of hydrogen-bond donors (Lipinski definition) is 1. The summed E-state index contributed by atoms with van der Waals surface area (Å²) in [6.45, 7) is 13.3. The summed E-state index contributed by atoms with van der Waals surface area (Å²) in [5, 5.41) is 8.82. The highest BCUT2D eigenvalue weighted by Crippen LogP contribution is 2.37. The van der Waals surface area contributed by atoms with E-state index in [1.54, 1.807) is 13.2 Å². The molecule has 0 aliphatic heterocycles. The smallest absolute Gasteiger partial charge is 0.327 e. The molecule has 130 valence electrons. The molecule has 0 aromatic heterocycles. The van der Waals surface area contributed by atoms with E-state index in [2.05, 4.69) is 33.9 Å². The Morgan fingerprint density at radius 2 is 1.91 bits per heavy atom. The fraction of sp³-hybridized carbons (Fsp3) is 0.812. The van der Waals surface area contributed by atoms with Gasteiger partial charge in [0, 0.05) is 19.3 Å². The lowest BCUT2D eigenvalue weighted by molar-refractivity contribution is -0.131. The Labute approximate surface area is 135 Å². The van der Waals surface area contributed by atoms with Gasteiger partial charge in [0.25, 0.3) is 0 Å². The first-order valence-corrected chi connectivity index (χ1v) is 10.6. The molecule has 0 radical (unpaired) electrons. The van der Waals surface area contributed by atoms with Crippen molar-refractivity contribution in [1.82, 2.24) is 0 Å². The van der Waals surface area contributed by atoms with E-state index in [0.717, 1.165) is 6.08 Å². The molecule has 0 aromatic rings. The minimum atomic E-state index is -1.81. The lowest BCUT2D eigenvalue weighted by Crippen LogP contribution is -2.44. The number of carboxylic acid groups (broad SMARTS) is 1. The summed E-state index contributed by atoms with van der Waals surface area (Å²) in [4.78, 5) is 10.5. The predicted octanol–water partition coefficient (Wildman–Crippen LogP) is 3.81. The molecule has 6 heteroatoms. The van der Waals surface area contributed by atoms with E-state index in [1.807, 2.05) is 6.92 Å². The fourth-order valence-electron chi connectivity index (χ4n) is 1.82. The fourth-order valence-corrected chi connectivity index (χ4v) is 3.27. The van der Waals surface area contributed by atoms with Crippen LogP contribution < -0.4 is 0 Å². The average Bonchev–Trinajstić information content (AvgIpc) is 2.33. The number of hydrogen-bond acceptors (Lipinski definition) is 4. The van der Waals surface area contributed by atoms with Crippen molar-refractivity contribution in [2.24, 2.45) is 0 Å². The standard InChI is InChI=1S/C16H32O5Si/c1-13(21-22(6,7)16(2,3)4)11-14(20-12-19-5)9-8-10-15(17)18/h8,10,13-14H,9,11-12H2,1-7H3,(H,17,18)/b10-8+/t13-,14+/m1/s1. The monoisotopic (exact) mass is 332 g/mol. The Morgan fingerprint density at radius 3 is 2.36 bits per heavy atom. The van der Waals surface area contributed by atoms with Gasteiger partial charge in [-0.3, -0.25) is 0 Å². The van der Waals surface area contributed by atoms with E-state index < -0.39 is 14.3 Å². The van der Waals surface area contributed by atoms with Gasteiger partial charge in [-0.25, -0.2) is 4.79 Å². The summed E-state index contributed by atoms with van der Waals surface area (Å²) in [5.74, 6) is -0.948. The second kappa shape index (κ2) is 9.45. The van der Waals surface area contributed by atoms with Crippen molar-refractivity contribution in [2.45, 2.75) is 70.9 Å². The first kappa shape index (κ1) is 21.3. The molecule has 0 amide bonds. The summed E-state index contributed by atoms with van der Waals surface area (Å²) >= 11 is 0. The second-order valence-electron chi connectivity index (χ2n) is 7.10. The van der Waals surface area contributed by atoms with Crippen molar-refractivity contribution in [2.75, 3.05) is 13.9 Å². The van der Waals surface area contributed by atoms with Crippen LogP contribution in [0, 0.1) is 0 Å². The first-order chi connectivity index (χ1) is 9.99. The number of carbonyl (C=O) groups is 1. The van der Waals surface area contributed by atoms with Crippen LogP contribution in [0.5, 0.6) is 0 Å². The van der Waals surface area contributed by atoms with Gasteiger partial charge in [-0.15, -0.1) is 0 Å². The number of ether oxygens (including phenoxy) is 2. The molecule has 1 N–H and O–H groups in total. The molecule has 0 aromatic carbocycles. The summed E-state index contributed by atoms with van der Waals surface area (Å²) < 4.78 is 16.9. The van der Waals surface area contributed by atoms with Gasteiger partial charge in [0.15, 0.2) is 8.32 Å². The van der Waals surface area contributed by atoms with Crippen molar-refractivity contribution >= 4 is 14.3 Å². The highest BCUT2D eigenvalue weighted by molar-refractivity contribution is 6.74. The van der Waals surface area contributed by atoms with Crippen LogP contribution in [-0.2, 0) is 18.7 Å². The van der Waals surface area contributed by atoms with E-state index in [0.29, 0.717) is 12.8 Å². The van der Waals surface area contributed by atoms with Gasteiger partial charge in [-0.05, 0) is 37.9 Å². The molecule has 22 heavy (non-hydrogen) atoms. The van der Waals surface area contributed by atoms with E-state index in [4.69, 9.17) is 19.0 Å². The quantitative estimate of drug-likeness (QED) is 0.374. The Balaban J connectivity index is 4.60. The summed E-state index contributed by atoms with van der Waals surface area (Å²) in [6, 6.07) is 0. The van der Waals surface area contributed by atoms with E-state index >= 15 is 0 Å². The van der Waals surface area contributed by atoms with Gasteiger partial charge in [-0.2, -0.15) is 0 Å². The van der Waals surface area contributed by atoms with Gasteiger partial charge < -0.3 is 19.0 Å². The lowest BCUT2D eigenvalue weighted by atomic mass is 10.1. The molecule has 0 aliphatic rings. The Hall–Kier alpha value is -0.693. The summed E-state index contributed by atoms with van der Waals surface area (Å²) in [7, 11) is -0.245. The molecule has 0 aliphatic carbocycles. The topological polar surface area (TPSA) is 65.0 Å². The lowest BCUT2D eigenvalue weighted by Gasteiger charge is -2.39. The highest BCUT2D eigenvalue weighted by atomic mass is 28.4. The third-order valence-electron chi connectivity index (χ3n) is 3.98. The largest absolute Gasteiger partial charge is 0.478 e. The molecule has 0 saturated carbocycles. The summed E-state index contributed by atoms with van der Waals surface area (Å²) in [5.41, 5.74) is 0. The van der Waals surface area contributed by atoms with Gasteiger partial charge in [-0.1, -0.05) is 26.8 Å². The average molecular weight is 333 g/mol. The zero-order valence-electron chi connectivity index (χ0n) is 15.0. The maximum absolute atomic E-state index is 10.5. The SMILES string of the molecule is COCO[C@@H](C/C=C/C(=O)O)C[C@@H](C)O[Si](C)(C)C(C)(C)C. The Bertz CT molecular complexity index is 360. The maximum Gasteiger partial charge on any atom is 0.327 e. The van der Waals surface area contributed by atoms with Crippen LogP contribution in [0.15, 0.2) is 12.2 Å². The van der Waals surface area contributed by atoms with Crippen molar-refractivity contribution < 1.29 is 23.8 Å². The van der Waals surface area contributed by atoms with Crippen molar-refractivity contribution in [3.63, 3.8) is 0 Å². The molecule has 0 spiro atoms.